The fourth-order valence-electron chi connectivity index (χ4n) is 1.83. The molecular weight excluding hydrogens is 243 g/mol. The van der Waals surface area contributed by atoms with Crippen LogP contribution < -0.4 is 10.1 Å². The van der Waals surface area contributed by atoms with Crippen LogP contribution in [0.5, 0.6) is 5.75 Å². The molecule has 0 unspecified atom stereocenters. The van der Waals surface area contributed by atoms with Gasteiger partial charge in [-0.05, 0) is 43.3 Å². The van der Waals surface area contributed by atoms with Gasteiger partial charge in [-0.15, -0.1) is 0 Å². The second-order valence-corrected chi connectivity index (χ2v) is 4.45. The molecule has 1 heterocycles. The molecule has 0 spiro atoms. The third kappa shape index (κ3) is 3.76. The molecule has 2 aromatic rings. The van der Waals surface area contributed by atoms with E-state index in [4.69, 9.17) is 4.74 Å². The average molecular weight is 260 g/mol. The summed E-state index contributed by atoms with van der Waals surface area (Å²) in [4.78, 5) is 4.08. The van der Waals surface area contributed by atoms with Crippen molar-refractivity contribution in [3.63, 3.8) is 0 Å². The molecule has 0 bridgehead atoms. The lowest BCUT2D eigenvalue weighted by Crippen LogP contribution is -2.05. The number of nitrogens with zero attached hydrogens (tertiary/aromatic N) is 1. The van der Waals surface area contributed by atoms with Crippen LogP contribution in [0.25, 0.3) is 0 Å². The van der Waals surface area contributed by atoms with Gasteiger partial charge in [0.1, 0.15) is 6.61 Å². The number of ether oxygens (including phenoxy) is 1. The van der Waals surface area contributed by atoms with E-state index in [1.165, 1.54) is 6.07 Å². The molecule has 0 aliphatic heterocycles. The van der Waals surface area contributed by atoms with Crippen molar-refractivity contribution < 1.29 is 9.13 Å². The van der Waals surface area contributed by atoms with Crippen LogP contribution in [0.3, 0.4) is 0 Å². The Kier molecular flexibility index (Phi) is 4.47. The Bertz CT molecular complexity index is 558. The number of hydrogen-bond donors (Lipinski definition) is 1. The summed E-state index contributed by atoms with van der Waals surface area (Å²) in [6.45, 7) is 2.92. The lowest BCUT2D eigenvalue weighted by atomic mass is 10.2. The molecule has 1 aromatic carbocycles. The molecule has 0 aliphatic rings. The SMILES string of the molecule is CNCc1ccc(OCc2cncc(C)c2)c(F)c1. The summed E-state index contributed by atoms with van der Waals surface area (Å²) < 4.78 is 19.3. The highest BCUT2D eigenvalue weighted by Crippen LogP contribution is 2.19. The predicted molar refractivity (Wildman–Crippen MR) is 72.5 cm³/mol. The highest BCUT2D eigenvalue weighted by atomic mass is 19.1. The topological polar surface area (TPSA) is 34.1 Å². The largest absolute Gasteiger partial charge is 0.486 e. The van der Waals surface area contributed by atoms with Crippen LogP contribution in [-0.2, 0) is 13.2 Å². The molecule has 4 heteroatoms. The average Bonchev–Trinajstić information content (AvgIpc) is 2.38. The number of hydrogen-bond acceptors (Lipinski definition) is 3. The normalized spacial score (nSPS) is 10.5. The highest BCUT2D eigenvalue weighted by Gasteiger charge is 2.05. The quantitative estimate of drug-likeness (QED) is 0.897. The van der Waals surface area contributed by atoms with Gasteiger partial charge in [-0.3, -0.25) is 4.98 Å². The highest BCUT2D eigenvalue weighted by molar-refractivity contribution is 5.29. The molecule has 0 amide bonds. The van der Waals surface area contributed by atoms with Crippen molar-refractivity contribution in [1.29, 1.82) is 0 Å². The van der Waals surface area contributed by atoms with Crippen molar-refractivity contribution in [1.82, 2.24) is 10.3 Å². The van der Waals surface area contributed by atoms with Crippen molar-refractivity contribution in [3.8, 4) is 5.75 Å². The maximum absolute atomic E-state index is 13.8. The van der Waals surface area contributed by atoms with Gasteiger partial charge in [0.2, 0.25) is 0 Å². The van der Waals surface area contributed by atoms with Crippen LogP contribution >= 0.6 is 0 Å². The molecule has 1 N–H and O–H groups in total. The summed E-state index contributed by atoms with van der Waals surface area (Å²) in [6.07, 6.45) is 3.50. The molecule has 0 fully saturated rings. The zero-order valence-corrected chi connectivity index (χ0v) is 11.1. The number of pyridine rings is 1. The summed E-state index contributed by atoms with van der Waals surface area (Å²) in [5.41, 5.74) is 2.88. The van der Waals surface area contributed by atoms with Crippen molar-refractivity contribution >= 4 is 0 Å². The zero-order chi connectivity index (χ0) is 13.7. The van der Waals surface area contributed by atoms with Crippen molar-refractivity contribution in [2.24, 2.45) is 0 Å². The first-order chi connectivity index (χ1) is 9.19. The zero-order valence-electron chi connectivity index (χ0n) is 11.1. The molecule has 100 valence electrons. The van der Waals surface area contributed by atoms with E-state index in [0.717, 1.165) is 16.7 Å². The lowest BCUT2D eigenvalue weighted by molar-refractivity contribution is 0.289. The minimum Gasteiger partial charge on any atom is -0.486 e. The minimum absolute atomic E-state index is 0.265. The summed E-state index contributed by atoms with van der Waals surface area (Å²) in [6, 6.07) is 6.97. The van der Waals surface area contributed by atoms with Crippen LogP contribution in [0.4, 0.5) is 4.39 Å². The van der Waals surface area contributed by atoms with Crippen LogP contribution in [0.15, 0.2) is 36.7 Å². The molecule has 0 saturated carbocycles. The van der Waals surface area contributed by atoms with Crippen LogP contribution in [-0.4, -0.2) is 12.0 Å². The summed E-state index contributed by atoms with van der Waals surface area (Å²) >= 11 is 0. The maximum atomic E-state index is 13.8. The number of nitrogens with one attached hydrogen (secondary N) is 1. The van der Waals surface area contributed by atoms with E-state index < -0.39 is 0 Å². The lowest BCUT2D eigenvalue weighted by Gasteiger charge is -2.09. The smallest absolute Gasteiger partial charge is 0.165 e. The fraction of sp³-hybridized carbons (Fsp3) is 0.267. The van der Waals surface area contributed by atoms with Gasteiger partial charge >= 0.3 is 0 Å². The first-order valence-electron chi connectivity index (χ1n) is 6.15. The Morgan fingerprint density at radius 1 is 1.21 bits per heavy atom. The Morgan fingerprint density at radius 2 is 2.05 bits per heavy atom. The van der Waals surface area contributed by atoms with Crippen LogP contribution in [0.1, 0.15) is 16.7 Å². The van der Waals surface area contributed by atoms with Crippen LogP contribution in [0, 0.1) is 12.7 Å². The van der Waals surface area contributed by atoms with Crippen molar-refractivity contribution in [3.05, 3.63) is 59.2 Å². The summed E-state index contributed by atoms with van der Waals surface area (Å²) in [5.74, 6) is -0.0743. The van der Waals surface area contributed by atoms with E-state index in [1.807, 2.05) is 26.1 Å². The van der Waals surface area contributed by atoms with Gasteiger partial charge in [-0.25, -0.2) is 4.39 Å². The van der Waals surface area contributed by atoms with E-state index in [1.54, 1.807) is 18.5 Å². The molecule has 0 saturated heterocycles. The minimum atomic E-state index is -0.339. The standard InChI is InChI=1S/C15H17FN2O/c1-11-5-13(9-18-7-11)10-19-15-4-3-12(8-17-2)6-14(15)16/h3-7,9,17H,8,10H2,1-2H3. The third-order valence-corrected chi connectivity index (χ3v) is 2.70. The summed E-state index contributed by atoms with van der Waals surface area (Å²) in [7, 11) is 1.83. The van der Waals surface area contributed by atoms with Crippen molar-refractivity contribution in [2.75, 3.05) is 7.05 Å². The van der Waals surface area contributed by atoms with E-state index in [-0.39, 0.29) is 11.6 Å². The van der Waals surface area contributed by atoms with Gasteiger partial charge in [0, 0.05) is 24.5 Å². The summed E-state index contributed by atoms with van der Waals surface area (Å²) in [5, 5.41) is 2.98. The van der Waals surface area contributed by atoms with Gasteiger partial charge < -0.3 is 10.1 Å². The number of benzene rings is 1. The van der Waals surface area contributed by atoms with E-state index in [2.05, 4.69) is 10.3 Å². The molecule has 19 heavy (non-hydrogen) atoms. The van der Waals surface area contributed by atoms with E-state index in [0.29, 0.717) is 13.2 Å². The molecular formula is C15H17FN2O. The van der Waals surface area contributed by atoms with Crippen molar-refractivity contribution in [2.45, 2.75) is 20.1 Å². The number of rotatable bonds is 5. The predicted octanol–water partition coefficient (Wildman–Crippen LogP) is 2.83. The Labute approximate surface area is 112 Å². The molecule has 0 atom stereocenters. The Balaban J connectivity index is 2.03. The molecule has 0 aliphatic carbocycles. The van der Waals surface area contributed by atoms with E-state index in [9.17, 15) is 4.39 Å². The number of aryl methyl sites for hydroxylation is 1. The number of halogens is 1. The number of aromatic nitrogens is 1. The molecule has 2 rings (SSSR count). The Morgan fingerprint density at radius 3 is 2.74 bits per heavy atom. The monoisotopic (exact) mass is 260 g/mol. The van der Waals surface area contributed by atoms with Gasteiger partial charge in [0.15, 0.2) is 11.6 Å². The van der Waals surface area contributed by atoms with E-state index >= 15 is 0 Å². The second kappa shape index (κ2) is 6.29. The maximum Gasteiger partial charge on any atom is 0.165 e. The Hall–Kier alpha value is -1.94. The van der Waals surface area contributed by atoms with Crippen LogP contribution in [0.2, 0.25) is 0 Å². The third-order valence-electron chi connectivity index (χ3n) is 2.70. The molecule has 3 nitrogen and oxygen atoms in total. The molecule has 0 radical (unpaired) electrons. The molecule has 1 aromatic heterocycles. The second-order valence-electron chi connectivity index (χ2n) is 4.45. The van der Waals surface area contributed by atoms with Gasteiger partial charge in [-0.1, -0.05) is 6.07 Å². The first kappa shape index (κ1) is 13.5. The first-order valence-corrected chi connectivity index (χ1v) is 6.15. The van der Waals surface area contributed by atoms with Gasteiger partial charge in [-0.2, -0.15) is 0 Å². The van der Waals surface area contributed by atoms with Gasteiger partial charge in [0.05, 0.1) is 0 Å². The van der Waals surface area contributed by atoms with Gasteiger partial charge in [0.25, 0.3) is 0 Å². The fourth-order valence-corrected chi connectivity index (χ4v) is 1.83.